The molecule has 1 amide bonds. The summed E-state index contributed by atoms with van der Waals surface area (Å²) in [7, 11) is 0. The van der Waals surface area contributed by atoms with Crippen LogP contribution < -0.4 is 15.1 Å². The maximum Gasteiger partial charge on any atom is 0.251 e. The molecule has 9 nitrogen and oxygen atoms in total. The molecule has 2 saturated heterocycles. The molecule has 2 aliphatic heterocycles. The van der Waals surface area contributed by atoms with Crippen molar-refractivity contribution in [3.8, 4) is 0 Å². The van der Waals surface area contributed by atoms with Crippen molar-refractivity contribution < 1.29 is 9.53 Å². The molecule has 0 atom stereocenters. The number of hydrogen-bond donors (Lipinski definition) is 1. The number of anilines is 2. The van der Waals surface area contributed by atoms with Crippen molar-refractivity contribution in [2.45, 2.75) is 19.4 Å². The number of pyridine rings is 1. The van der Waals surface area contributed by atoms with Gasteiger partial charge in [0.15, 0.2) is 5.82 Å². The fraction of sp³-hybridized carbons (Fsp3) is 0.500. The Morgan fingerprint density at radius 1 is 0.963 bits per heavy atom. The molecule has 2 aliphatic rings. The fourth-order valence-electron chi connectivity index (χ4n) is 3.20. The Balaban J connectivity index is 1.53. The molecule has 27 heavy (non-hydrogen) atoms. The van der Waals surface area contributed by atoms with Crippen molar-refractivity contribution in [1.82, 2.24) is 25.3 Å². The van der Waals surface area contributed by atoms with E-state index in [4.69, 9.17) is 4.74 Å². The van der Waals surface area contributed by atoms with Gasteiger partial charge in [-0.25, -0.2) is 0 Å². The highest BCUT2D eigenvalue weighted by Gasteiger charge is 2.21. The SMILES string of the molecule is O=C(NCc1nc(N2CCCC2)nc(N2CCOCC2)n1)c1ccncc1. The average Bonchev–Trinajstić information content (AvgIpc) is 3.28. The summed E-state index contributed by atoms with van der Waals surface area (Å²) in [6.45, 7) is 5.00. The van der Waals surface area contributed by atoms with Crippen LogP contribution in [0.5, 0.6) is 0 Å². The second kappa shape index (κ2) is 8.26. The molecule has 2 fully saturated rings. The summed E-state index contributed by atoms with van der Waals surface area (Å²) >= 11 is 0. The summed E-state index contributed by atoms with van der Waals surface area (Å²) < 4.78 is 5.42. The minimum absolute atomic E-state index is 0.173. The Labute approximate surface area is 157 Å². The van der Waals surface area contributed by atoms with Crippen molar-refractivity contribution in [2.24, 2.45) is 0 Å². The predicted molar refractivity (Wildman–Crippen MR) is 99.7 cm³/mol. The number of nitrogens with one attached hydrogen (secondary N) is 1. The molecule has 0 aromatic carbocycles. The maximum atomic E-state index is 12.3. The minimum Gasteiger partial charge on any atom is -0.378 e. The largest absolute Gasteiger partial charge is 0.378 e. The zero-order valence-electron chi connectivity index (χ0n) is 15.2. The van der Waals surface area contributed by atoms with Gasteiger partial charge in [-0.1, -0.05) is 0 Å². The van der Waals surface area contributed by atoms with Gasteiger partial charge in [0.2, 0.25) is 11.9 Å². The molecule has 9 heteroatoms. The van der Waals surface area contributed by atoms with Gasteiger partial charge in [0.05, 0.1) is 19.8 Å². The number of carbonyl (C=O) groups excluding carboxylic acids is 1. The van der Waals surface area contributed by atoms with E-state index >= 15 is 0 Å². The third-order valence-electron chi connectivity index (χ3n) is 4.69. The van der Waals surface area contributed by atoms with E-state index in [2.05, 4.69) is 35.1 Å². The van der Waals surface area contributed by atoms with Crippen molar-refractivity contribution in [3.63, 3.8) is 0 Å². The topological polar surface area (TPSA) is 96.4 Å². The van der Waals surface area contributed by atoms with Gasteiger partial charge in [-0.15, -0.1) is 0 Å². The van der Waals surface area contributed by atoms with E-state index in [9.17, 15) is 4.79 Å². The van der Waals surface area contributed by atoms with Crippen LogP contribution in [0.3, 0.4) is 0 Å². The number of rotatable bonds is 5. The normalized spacial score (nSPS) is 17.2. The van der Waals surface area contributed by atoms with Crippen molar-refractivity contribution in [1.29, 1.82) is 0 Å². The van der Waals surface area contributed by atoms with Gasteiger partial charge in [0.1, 0.15) is 0 Å². The molecule has 2 aromatic rings. The highest BCUT2D eigenvalue weighted by Crippen LogP contribution is 2.19. The lowest BCUT2D eigenvalue weighted by atomic mass is 10.2. The lowest BCUT2D eigenvalue weighted by Crippen LogP contribution is -2.38. The highest BCUT2D eigenvalue weighted by atomic mass is 16.5. The quantitative estimate of drug-likeness (QED) is 0.820. The lowest BCUT2D eigenvalue weighted by molar-refractivity contribution is 0.0949. The monoisotopic (exact) mass is 369 g/mol. The molecule has 0 saturated carbocycles. The summed E-state index contributed by atoms with van der Waals surface area (Å²) in [6, 6.07) is 3.36. The van der Waals surface area contributed by atoms with E-state index in [1.165, 1.54) is 0 Å². The van der Waals surface area contributed by atoms with Crippen LogP contribution in [0.15, 0.2) is 24.5 Å². The maximum absolute atomic E-state index is 12.3. The summed E-state index contributed by atoms with van der Waals surface area (Å²) in [5.74, 6) is 1.74. The van der Waals surface area contributed by atoms with E-state index in [0.29, 0.717) is 36.5 Å². The van der Waals surface area contributed by atoms with E-state index in [1.807, 2.05) is 0 Å². The molecule has 4 rings (SSSR count). The Bertz CT molecular complexity index is 775. The molecule has 1 N–H and O–H groups in total. The zero-order valence-corrected chi connectivity index (χ0v) is 15.2. The number of hydrogen-bond acceptors (Lipinski definition) is 8. The molecule has 0 unspecified atom stereocenters. The second-order valence-corrected chi connectivity index (χ2v) is 6.56. The number of ether oxygens (including phenoxy) is 1. The first-order valence-electron chi connectivity index (χ1n) is 9.30. The van der Waals surface area contributed by atoms with Gasteiger partial charge in [-0.3, -0.25) is 9.78 Å². The summed E-state index contributed by atoms with van der Waals surface area (Å²) in [6.07, 6.45) is 5.49. The smallest absolute Gasteiger partial charge is 0.251 e. The molecule has 0 bridgehead atoms. The molecular weight excluding hydrogens is 346 g/mol. The standard InChI is InChI=1S/C18H23N7O2/c26-16(14-3-5-19-6-4-14)20-13-15-21-17(24-7-1-2-8-24)23-18(22-15)25-9-11-27-12-10-25/h3-6H,1-2,7-13H2,(H,20,26). The fourth-order valence-corrected chi connectivity index (χ4v) is 3.20. The number of nitrogens with zero attached hydrogens (tertiary/aromatic N) is 6. The first-order valence-corrected chi connectivity index (χ1v) is 9.30. The van der Waals surface area contributed by atoms with Gasteiger partial charge in [-0.2, -0.15) is 15.0 Å². The van der Waals surface area contributed by atoms with Crippen LogP contribution in [0.2, 0.25) is 0 Å². The lowest BCUT2D eigenvalue weighted by Gasteiger charge is -2.28. The molecule has 142 valence electrons. The first-order chi connectivity index (χ1) is 13.3. The van der Waals surface area contributed by atoms with Gasteiger partial charge in [0.25, 0.3) is 5.91 Å². The second-order valence-electron chi connectivity index (χ2n) is 6.56. The van der Waals surface area contributed by atoms with Crippen LogP contribution in [0.4, 0.5) is 11.9 Å². The van der Waals surface area contributed by atoms with Crippen LogP contribution in [0, 0.1) is 0 Å². The van der Waals surface area contributed by atoms with E-state index in [-0.39, 0.29) is 12.5 Å². The molecule has 0 aliphatic carbocycles. The van der Waals surface area contributed by atoms with E-state index in [0.717, 1.165) is 39.0 Å². The summed E-state index contributed by atoms with van der Waals surface area (Å²) in [4.78, 5) is 34.4. The molecule has 0 radical (unpaired) electrons. The molecular formula is C18H23N7O2. The zero-order chi connectivity index (χ0) is 18.5. The number of morpholine rings is 1. The Kier molecular flexibility index (Phi) is 5.38. The van der Waals surface area contributed by atoms with E-state index in [1.54, 1.807) is 24.5 Å². The number of amides is 1. The summed E-state index contributed by atoms with van der Waals surface area (Å²) in [5, 5.41) is 2.88. The Hall–Kier alpha value is -2.81. The van der Waals surface area contributed by atoms with Crippen LogP contribution >= 0.6 is 0 Å². The van der Waals surface area contributed by atoms with Crippen molar-refractivity contribution in [3.05, 3.63) is 35.9 Å². The van der Waals surface area contributed by atoms with Crippen molar-refractivity contribution in [2.75, 3.05) is 49.2 Å². The van der Waals surface area contributed by atoms with Gasteiger partial charge < -0.3 is 19.9 Å². The van der Waals surface area contributed by atoms with Gasteiger partial charge in [-0.05, 0) is 25.0 Å². The number of aromatic nitrogens is 4. The highest BCUT2D eigenvalue weighted by molar-refractivity contribution is 5.93. The molecule has 0 spiro atoms. The van der Waals surface area contributed by atoms with Gasteiger partial charge in [0, 0.05) is 44.1 Å². The average molecular weight is 369 g/mol. The van der Waals surface area contributed by atoms with Crippen LogP contribution in [0.25, 0.3) is 0 Å². The third-order valence-corrected chi connectivity index (χ3v) is 4.69. The predicted octanol–water partition coefficient (Wildman–Crippen LogP) is 0.633. The Morgan fingerprint density at radius 3 is 2.26 bits per heavy atom. The van der Waals surface area contributed by atoms with Crippen LogP contribution in [0.1, 0.15) is 29.0 Å². The first kappa shape index (κ1) is 17.6. The summed E-state index contributed by atoms with van der Waals surface area (Å²) in [5.41, 5.74) is 0.562. The Morgan fingerprint density at radius 2 is 1.59 bits per heavy atom. The van der Waals surface area contributed by atoms with Gasteiger partial charge >= 0.3 is 0 Å². The third kappa shape index (κ3) is 4.30. The van der Waals surface area contributed by atoms with Crippen molar-refractivity contribution >= 4 is 17.8 Å². The minimum atomic E-state index is -0.173. The van der Waals surface area contributed by atoms with Crippen LogP contribution in [-0.4, -0.2) is 65.2 Å². The molecule has 2 aromatic heterocycles. The molecule has 4 heterocycles. The van der Waals surface area contributed by atoms with Crippen LogP contribution in [-0.2, 0) is 11.3 Å². The number of carbonyl (C=O) groups is 1. The van der Waals surface area contributed by atoms with E-state index < -0.39 is 0 Å².